The molecule has 2 atom stereocenters. The van der Waals surface area contributed by atoms with E-state index in [-0.39, 0.29) is 24.0 Å². The molecule has 18 heavy (non-hydrogen) atoms. The lowest BCUT2D eigenvalue weighted by atomic mass is 9.99. The van der Waals surface area contributed by atoms with Gasteiger partial charge in [-0.05, 0) is 32.1 Å². The first-order valence-electron chi connectivity index (χ1n) is 7.03. The van der Waals surface area contributed by atoms with Crippen LogP contribution in [0.5, 0.6) is 0 Å². The second-order valence-corrected chi connectivity index (χ2v) is 4.85. The lowest BCUT2D eigenvalue weighted by Gasteiger charge is -2.18. The summed E-state index contributed by atoms with van der Waals surface area (Å²) in [6, 6.07) is 0. The van der Waals surface area contributed by atoms with E-state index in [1.165, 1.54) is 0 Å². The molecule has 2 heterocycles. The zero-order chi connectivity index (χ0) is 13.4. The van der Waals surface area contributed by atoms with Crippen LogP contribution in [0.15, 0.2) is 0 Å². The largest absolute Gasteiger partial charge is 0.465 e. The van der Waals surface area contributed by atoms with E-state index in [0.717, 1.165) is 38.5 Å². The molecule has 2 fully saturated rings. The number of hydrogen-bond acceptors (Lipinski definition) is 4. The van der Waals surface area contributed by atoms with Crippen molar-refractivity contribution in [3.63, 3.8) is 0 Å². The third kappa shape index (κ3) is 5.07. The maximum Gasteiger partial charge on any atom is 0.308 e. The molecule has 2 rings (SSSR count). The molecule has 104 valence electrons. The maximum atomic E-state index is 10.8. The molecule has 0 aromatic rings. The third-order valence-corrected chi connectivity index (χ3v) is 3.35. The molecule has 2 saturated heterocycles. The second-order valence-electron chi connectivity index (χ2n) is 4.85. The van der Waals surface area contributed by atoms with Crippen LogP contribution in [0.1, 0.15) is 58.8 Å². The SMILES string of the molecule is CCC1CCCOC1=O.CCCC1CCC(=O)O1. The zero-order valence-corrected chi connectivity index (χ0v) is 11.4. The summed E-state index contributed by atoms with van der Waals surface area (Å²) in [5, 5.41) is 0. The van der Waals surface area contributed by atoms with E-state index < -0.39 is 0 Å². The van der Waals surface area contributed by atoms with Gasteiger partial charge in [0.25, 0.3) is 0 Å². The Labute approximate surface area is 109 Å². The average molecular weight is 256 g/mol. The van der Waals surface area contributed by atoms with Crippen LogP contribution >= 0.6 is 0 Å². The summed E-state index contributed by atoms with van der Waals surface area (Å²) in [7, 11) is 0. The molecular formula is C14H24O4. The molecule has 2 aliphatic rings. The van der Waals surface area contributed by atoms with E-state index in [0.29, 0.717) is 13.0 Å². The standard InChI is InChI=1S/2C7H12O2/c1-2-6-4-3-5-9-7(6)8;1-2-3-6-4-5-7(8)9-6/h2*6H,2-5H2,1H3. The number of cyclic esters (lactones) is 2. The first-order valence-corrected chi connectivity index (χ1v) is 7.03. The van der Waals surface area contributed by atoms with Gasteiger partial charge in [0.2, 0.25) is 0 Å². The highest BCUT2D eigenvalue weighted by Gasteiger charge is 2.22. The van der Waals surface area contributed by atoms with Crippen molar-refractivity contribution in [2.24, 2.45) is 5.92 Å². The molecule has 0 saturated carbocycles. The summed E-state index contributed by atoms with van der Waals surface area (Å²) < 4.78 is 9.81. The molecular weight excluding hydrogens is 232 g/mol. The van der Waals surface area contributed by atoms with Crippen LogP contribution in [0, 0.1) is 5.92 Å². The molecule has 2 unspecified atom stereocenters. The fraction of sp³-hybridized carbons (Fsp3) is 0.857. The molecule has 4 nitrogen and oxygen atoms in total. The summed E-state index contributed by atoms with van der Waals surface area (Å²) in [6.07, 6.45) is 6.95. The predicted molar refractivity (Wildman–Crippen MR) is 68.0 cm³/mol. The lowest BCUT2D eigenvalue weighted by molar-refractivity contribution is -0.152. The van der Waals surface area contributed by atoms with Crippen molar-refractivity contribution in [2.75, 3.05) is 6.61 Å². The van der Waals surface area contributed by atoms with E-state index in [4.69, 9.17) is 9.47 Å². The summed E-state index contributed by atoms with van der Waals surface area (Å²) >= 11 is 0. The average Bonchev–Trinajstić information content (AvgIpc) is 2.77. The first kappa shape index (κ1) is 15.0. The second kappa shape index (κ2) is 8.11. The van der Waals surface area contributed by atoms with Crippen LogP contribution < -0.4 is 0 Å². The molecule has 0 aromatic carbocycles. The molecule has 0 bridgehead atoms. The van der Waals surface area contributed by atoms with Gasteiger partial charge in [-0.3, -0.25) is 9.59 Å². The molecule has 0 aromatic heterocycles. The van der Waals surface area contributed by atoms with Crippen LogP contribution in [0.4, 0.5) is 0 Å². The van der Waals surface area contributed by atoms with Gasteiger partial charge < -0.3 is 9.47 Å². The number of hydrogen-bond donors (Lipinski definition) is 0. The molecule has 0 spiro atoms. The fourth-order valence-corrected chi connectivity index (χ4v) is 2.22. The van der Waals surface area contributed by atoms with Gasteiger partial charge >= 0.3 is 11.9 Å². The van der Waals surface area contributed by atoms with Crippen molar-refractivity contribution in [1.29, 1.82) is 0 Å². The van der Waals surface area contributed by atoms with Gasteiger partial charge in [-0.15, -0.1) is 0 Å². The summed E-state index contributed by atoms with van der Waals surface area (Å²) in [5.41, 5.74) is 0. The minimum absolute atomic E-state index is 0.00347. The predicted octanol–water partition coefficient (Wildman–Crippen LogP) is 2.84. The highest BCUT2D eigenvalue weighted by molar-refractivity contribution is 5.72. The Hall–Kier alpha value is -1.06. The van der Waals surface area contributed by atoms with Gasteiger partial charge in [0.1, 0.15) is 6.10 Å². The fourth-order valence-electron chi connectivity index (χ4n) is 2.22. The number of carbonyl (C=O) groups excluding carboxylic acids is 2. The third-order valence-electron chi connectivity index (χ3n) is 3.35. The van der Waals surface area contributed by atoms with E-state index >= 15 is 0 Å². The van der Waals surface area contributed by atoms with Crippen LogP contribution in [0.25, 0.3) is 0 Å². The van der Waals surface area contributed by atoms with Gasteiger partial charge in [-0.2, -0.15) is 0 Å². The molecule has 4 heteroatoms. The smallest absolute Gasteiger partial charge is 0.308 e. The topological polar surface area (TPSA) is 52.6 Å². The molecule has 0 amide bonds. The van der Waals surface area contributed by atoms with Gasteiger partial charge in [0, 0.05) is 6.42 Å². The zero-order valence-electron chi connectivity index (χ0n) is 11.4. The minimum atomic E-state index is -0.0200. The quantitative estimate of drug-likeness (QED) is 0.729. The monoisotopic (exact) mass is 256 g/mol. The molecule has 0 radical (unpaired) electrons. The van der Waals surface area contributed by atoms with Crippen molar-refractivity contribution in [1.82, 2.24) is 0 Å². The van der Waals surface area contributed by atoms with Crippen LogP contribution in [-0.4, -0.2) is 24.6 Å². The number of rotatable bonds is 3. The van der Waals surface area contributed by atoms with Gasteiger partial charge in [0.15, 0.2) is 0 Å². The Kier molecular flexibility index (Phi) is 6.76. The van der Waals surface area contributed by atoms with Crippen molar-refractivity contribution in [2.45, 2.75) is 64.9 Å². The van der Waals surface area contributed by atoms with E-state index in [2.05, 4.69) is 6.92 Å². The van der Waals surface area contributed by atoms with Crippen molar-refractivity contribution in [3.8, 4) is 0 Å². The van der Waals surface area contributed by atoms with Gasteiger partial charge in [0.05, 0.1) is 12.5 Å². The summed E-state index contributed by atoms with van der Waals surface area (Å²) in [4.78, 5) is 21.3. The van der Waals surface area contributed by atoms with Crippen molar-refractivity contribution >= 4 is 11.9 Å². The van der Waals surface area contributed by atoms with E-state index in [1.807, 2.05) is 6.92 Å². The van der Waals surface area contributed by atoms with Crippen molar-refractivity contribution in [3.05, 3.63) is 0 Å². The van der Waals surface area contributed by atoms with Crippen LogP contribution in [-0.2, 0) is 19.1 Å². The molecule has 0 N–H and O–H groups in total. The Morgan fingerprint density at radius 3 is 2.44 bits per heavy atom. The summed E-state index contributed by atoms with van der Waals surface area (Å²) in [5.74, 6) is 0.177. The van der Waals surface area contributed by atoms with E-state index in [9.17, 15) is 9.59 Å². The van der Waals surface area contributed by atoms with Crippen LogP contribution in [0.3, 0.4) is 0 Å². The van der Waals surface area contributed by atoms with Crippen molar-refractivity contribution < 1.29 is 19.1 Å². The van der Waals surface area contributed by atoms with Gasteiger partial charge in [-0.25, -0.2) is 0 Å². The normalized spacial score (nSPS) is 27.0. The lowest BCUT2D eigenvalue weighted by Crippen LogP contribution is -2.23. The number of carbonyl (C=O) groups is 2. The van der Waals surface area contributed by atoms with E-state index in [1.54, 1.807) is 0 Å². The Bertz CT molecular complexity index is 275. The highest BCUT2D eigenvalue weighted by atomic mass is 16.5. The molecule has 2 aliphatic heterocycles. The molecule has 0 aliphatic carbocycles. The van der Waals surface area contributed by atoms with Gasteiger partial charge in [-0.1, -0.05) is 20.3 Å². The Morgan fingerprint density at radius 1 is 1.22 bits per heavy atom. The minimum Gasteiger partial charge on any atom is -0.465 e. The highest BCUT2D eigenvalue weighted by Crippen LogP contribution is 2.18. The Morgan fingerprint density at radius 2 is 2.00 bits per heavy atom. The number of esters is 2. The summed E-state index contributed by atoms with van der Waals surface area (Å²) in [6.45, 7) is 4.76. The maximum absolute atomic E-state index is 10.8. The Balaban J connectivity index is 0.000000180. The first-order chi connectivity index (χ1) is 8.67. The van der Waals surface area contributed by atoms with Crippen LogP contribution in [0.2, 0.25) is 0 Å². The number of ether oxygens (including phenoxy) is 2.